The third-order valence-electron chi connectivity index (χ3n) is 4.39. The highest BCUT2D eigenvalue weighted by Crippen LogP contribution is 2.36. The molecule has 2 bridgehead atoms. The number of hydrogen-bond acceptors (Lipinski definition) is 5. The van der Waals surface area contributed by atoms with Gasteiger partial charge in [-0.2, -0.15) is 17.9 Å². The maximum atomic E-state index is 13.0. The lowest BCUT2D eigenvalue weighted by atomic mass is 10.2. The van der Waals surface area contributed by atoms with Gasteiger partial charge in [-0.3, -0.25) is 4.90 Å². The zero-order valence-corrected chi connectivity index (χ0v) is 13.1. The minimum absolute atomic E-state index is 0.228. The highest BCUT2D eigenvalue weighted by atomic mass is 35.5. The molecule has 1 aromatic carbocycles. The molecule has 2 atom stereocenters. The lowest BCUT2D eigenvalue weighted by molar-refractivity contribution is -0.137. The molecule has 2 aliphatic heterocycles. The van der Waals surface area contributed by atoms with Crippen LogP contribution in [0.5, 0.6) is 0 Å². The number of rotatable bonds is 3. The molecule has 24 heavy (non-hydrogen) atoms. The van der Waals surface area contributed by atoms with Crippen LogP contribution in [0, 0.1) is 0 Å². The van der Waals surface area contributed by atoms with Crippen molar-refractivity contribution in [3.8, 4) is 5.69 Å². The minimum Gasteiger partial charge on any atom is -0.375 e. The van der Waals surface area contributed by atoms with E-state index in [4.69, 9.17) is 16.3 Å². The lowest BCUT2D eigenvalue weighted by Gasteiger charge is -2.25. The molecule has 2 aliphatic rings. The van der Waals surface area contributed by atoms with Gasteiger partial charge in [0, 0.05) is 12.6 Å². The van der Waals surface area contributed by atoms with Gasteiger partial charge in [-0.15, -0.1) is 5.10 Å². The lowest BCUT2D eigenvalue weighted by Crippen LogP contribution is -2.37. The maximum absolute atomic E-state index is 13.0. The van der Waals surface area contributed by atoms with Gasteiger partial charge in [0.1, 0.15) is 0 Å². The molecule has 0 saturated carbocycles. The van der Waals surface area contributed by atoms with Crippen LogP contribution in [-0.4, -0.2) is 50.4 Å². The van der Waals surface area contributed by atoms with E-state index in [1.807, 2.05) is 0 Å². The van der Waals surface area contributed by atoms with E-state index in [1.165, 1.54) is 16.8 Å². The first-order valence-electron chi connectivity index (χ1n) is 7.42. The zero-order chi connectivity index (χ0) is 16.9. The molecule has 6 nitrogen and oxygen atoms in total. The fourth-order valence-corrected chi connectivity index (χ4v) is 3.45. The molecule has 1 aromatic heterocycles. The van der Waals surface area contributed by atoms with Crippen LogP contribution < -0.4 is 0 Å². The van der Waals surface area contributed by atoms with Gasteiger partial charge in [-0.1, -0.05) is 11.6 Å². The predicted molar refractivity (Wildman–Crippen MR) is 77.7 cm³/mol. The highest BCUT2D eigenvalue weighted by Gasteiger charge is 2.39. The Hall–Kier alpha value is -1.71. The fraction of sp³-hybridized carbons (Fsp3) is 0.500. The first-order valence-corrected chi connectivity index (χ1v) is 7.79. The second kappa shape index (κ2) is 5.68. The molecule has 2 fully saturated rings. The Kier molecular flexibility index (Phi) is 3.74. The third-order valence-corrected chi connectivity index (χ3v) is 4.72. The van der Waals surface area contributed by atoms with Crippen LogP contribution in [0.3, 0.4) is 0 Å². The van der Waals surface area contributed by atoms with E-state index in [2.05, 4.69) is 20.4 Å². The number of halogens is 4. The first kappa shape index (κ1) is 15.8. The van der Waals surface area contributed by atoms with Crippen LogP contribution in [-0.2, 0) is 17.5 Å². The average Bonchev–Trinajstić information content (AvgIpc) is 3.23. The minimum atomic E-state index is -4.54. The van der Waals surface area contributed by atoms with Crippen molar-refractivity contribution < 1.29 is 17.9 Å². The number of benzene rings is 1. The summed E-state index contributed by atoms with van der Waals surface area (Å²) in [5, 5.41) is 11.0. The largest absolute Gasteiger partial charge is 0.417 e. The molecule has 0 spiro atoms. The Morgan fingerprint density at radius 2 is 2.17 bits per heavy atom. The first-order chi connectivity index (χ1) is 11.4. The van der Waals surface area contributed by atoms with E-state index in [0.29, 0.717) is 25.0 Å². The number of morpholine rings is 1. The second-order valence-electron chi connectivity index (χ2n) is 5.94. The van der Waals surface area contributed by atoms with E-state index >= 15 is 0 Å². The summed E-state index contributed by atoms with van der Waals surface area (Å²) in [6, 6.07) is 3.95. The van der Waals surface area contributed by atoms with Gasteiger partial charge in [0.25, 0.3) is 0 Å². The molecular weight excluding hydrogens is 347 g/mol. The summed E-state index contributed by atoms with van der Waals surface area (Å²) < 4.78 is 46.0. The summed E-state index contributed by atoms with van der Waals surface area (Å²) in [7, 11) is 0. The molecule has 3 heterocycles. The van der Waals surface area contributed by atoms with Crippen molar-refractivity contribution in [2.45, 2.75) is 31.3 Å². The molecule has 10 heteroatoms. The van der Waals surface area contributed by atoms with E-state index in [-0.39, 0.29) is 16.8 Å². The Balaban J connectivity index is 1.63. The summed E-state index contributed by atoms with van der Waals surface area (Å²) in [5.41, 5.74) is -0.677. The van der Waals surface area contributed by atoms with Gasteiger partial charge in [0.05, 0.1) is 35.5 Å². The molecule has 1 unspecified atom stereocenters. The van der Waals surface area contributed by atoms with Crippen LogP contribution in [0.15, 0.2) is 18.2 Å². The Morgan fingerprint density at radius 3 is 2.83 bits per heavy atom. The quantitative estimate of drug-likeness (QED) is 0.841. The molecule has 2 saturated heterocycles. The molecule has 0 amide bonds. The SMILES string of the molecule is FC(F)(F)c1cc(-n2nnnc2CN2C[C@@H]3CC2CO3)ccc1Cl. The van der Waals surface area contributed by atoms with Crippen molar-refractivity contribution in [2.24, 2.45) is 0 Å². The van der Waals surface area contributed by atoms with Gasteiger partial charge in [0.2, 0.25) is 0 Å². The number of nitrogens with zero attached hydrogens (tertiary/aromatic N) is 5. The van der Waals surface area contributed by atoms with Crippen molar-refractivity contribution in [1.29, 1.82) is 0 Å². The number of ether oxygens (including phenoxy) is 1. The number of hydrogen-bond donors (Lipinski definition) is 0. The van der Waals surface area contributed by atoms with Crippen molar-refractivity contribution in [3.05, 3.63) is 34.6 Å². The van der Waals surface area contributed by atoms with Crippen LogP contribution in [0.2, 0.25) is 5.02 Å². The number of aromatic nitrogens is 4. The maximum Gasteiger partial charge on any atom is 0.417 e. The molecule has 0 radical (unpaired) electrons. The molecule has 128 valence electrons. The van der Waals surface area contributed by atoms with E-state index in [9.17, 15) is 13.2 Å². The van der Waals surface area contributed by atoms with Crippen molar-refractivity contribution in [3.63, 3.8) is 0 Å². The molecular formula is C14H13ClF3N5O. The summed E-state index contributed by atoms with van der Waals surface area (Å²) >= 11 is 5.66. The molecule has 4 rings (SSSR count). The molecule has 0 aliphatic carbocycles. The Morgan fingerprint density at radius 1 is 1.33 bits per heavy atom. The van der Waals surface area contributed by atoms with Crippen LogP contribution >= 0.6 is 11.6 Å². The smallest absolute Gasteiger partial charge is 0.375 e. The average molecular weight is 360 g/mol. The van der Waals surface area contributed by atoms with Crippen LogP contribution in [0.1, 0.15) is 17.8 Å². The standard InChI is InChI=1S/C14H13ClF3N5O/c15-12-2-1-8(4-11(12)14(16,17)18)23-13(19-20-21-23)6-22-5-10-3-9(22)7-24-10/h1-2,4,9-10H,3,5-7H2/t9?,10-/m0/s1. The molecule has 0 N–H and O–H groups in total. The topological polar surface area (TPSA) is 56.1 Å². The number of alkyl halides is 3. The van der Waals surface area contributed by atoms with Gasteiger partial charge >= 0.3 is 6.18 Å². The Labute approximate surface area is 140 Å². The van der Waals surface area contributed by atoms with Gasteiger partial charge < -0.3 is 4.74 Å². The van der Waals surface area contributed by atoms with Crippen molar-refractivity contribution in [1.82, 2.24) is 25.1 Å². The number of fused-ring (bicyclic) bond motifs is 2. The van der Waals surface area contributed by atoms with Crippen LogP contribution in [0.25, 0.3) is 5.69 Å². The summed E-state index contributed by atoms with van der Waals surface area (Å²) in [6.07, 6.45) is -3.33. The van der Waals surface area contributed by atoms with Crippen LogP contribution in [0.4, 0.5) is 13.2 Å². The second-order valence-corrected chi connectivity index (χ2v) is 6.35. The Bertz CT molecular complexity index is 765. The predicted octanol–water partition coefficient (Wildman–Crippen LogP) is 2.31. The zero-order valence-electron chi connectivity index (χ0n) is 12.4. The number of likely N-dealkylation sites (tertiary alicyclic amines) is 1. The third kappa shape index (κ3) is 2.76. The molecule has 2 aromatic rings. The summed E-state index contributed by atoms with van der Waals surface area (Å²) in [4.78, 5) is 2.19. The monoisotopic (exact) mass is 359 g/mol. The van der Waals surface area contributed by atoms with Crippen molar-refractivity contribution in [2.75, 3.05) is 13.2 Å². The van der Waals surface area contributed by atoms with E-state index in [1.54, 1.807) is 0 Å². The highest BCUT2D eigenvalue weighted by molar-refractivity contribution is 6.31. The van der Waals surface area contributed by atoms with E-state index in [0.717, 1.165) is 19.0 Å². The van der Waals surface area contributed by atoms with Gasteiger partial charge in [-0.25, -0.2) is 0 Å². The summed E-state index contributed by atoms with van der Waals surface area (Å²) in [6.45, 7) is 1.92. The summed E-state index contributed by atoms with van der Waals surface area (Å²) in [5.74, 6) is 0.484. The van der Waals surface area contributed by atoms with Gasteiger partial charge in [-0.05, 0) is 35.0 Å². The van der Waals surface area contributed by atoms with Crippen molar-refractivity contribution >= 4 is 11.6 Å². The number of tetrazole rings is 1. The van der Waals surface area contributed by atoms with E-state index < -0.39 is 11.7 Å². The normalized spacial score (nSPS) is 24.0. The fourth-order valence-electron chi connectivity index (χ4n) is 3.22. The van der Waals surface area contributed by atoms with Gasteiger partial charge in [0.15, 0.2) is 5.82 Å².